The van der Waals surface area contributed by atoms with Crippen molar-refractivity contribution < 1.29 is 4.39 Å². The minimum Gasteiger partial charge on any atom is -0.253 e. The number of hydrogen-bond donors (Lipinski definition) is 1. The lowest BCUT2D eigenvalue weighted by Crippen LogP contribution is -1.92. The average Bonchev–Trinajstić information content (AvgIpc) is 3.01. The molecule has 0 spiro atoms. The first-order valence-corrected chi connectivity index (χ1v) is 8.15. The molecular weight excluding hydrogens is 365 g/mol. The van der Waals surface area contributed by atoms with Crippen molar-refractivity contribution in [3.05, 3.63) is 69.8 Å². The molecule has 22 heavy (non-hydrogen) atoms. The number of aromatic nitrogens is 1. The molecule has 0 aliphatic carbocycles. The Kier molecular flexibility index (Phi) is 4.60. The van der Waals surface area contributed by atoms with E-state index >= 15 is 0 Å². The van der Waals surface area contributed by atoms with E-state index in [0.717, 1.165) is 11.3 Å². The Hall–Kier alpha value is -2.05. The van der Waals surface area contributed by atoms with Crippen LogP contribution in [-0.4, -0.2) is 11.2 Å². The van der Waals surface area contributed by atoms with E-state index in [-0.39, 0.29) is 5.82 Å². The third-order valence-electron chi connectivity index (χ3n) is 2.92. The summed E-state index contributed by atoms with van der Waals surface area (Å²) in [5.74, 6) is -0.315. The zero-order chi connectivity index (χ0) is 15.4. The quantitative estimate of drug-likeness (QED) is 0.505. The summed E-state index contributed by atoms with van der Waals surface area (Å²) in [7, 11) is 0. The number of rotatable bonds is 4. The molecule has 0 aliphatic rings. The van der Waals surface area contributed by atoms with Gasteiger partial charge in [-0.25, -0.2) is 9.37 Å². The fourth-order valence-corrected chi connectivity index (χ4v) is 2.88. The van der Waals surface area contributed by atoms with Crippen LogP contribution in [0.1, 0.15) is 5.56 Å². The van der Waals surface area contributed by atoms with Crippen molar-refractivity contribution in [3.8, 4) is 11.3 Å². The molecule has 0 saturated heterocycles. The maximum atomic E-state index is 13.4. The predicted octanol–water partition coefficient (Wildman–Crippen LogP) is 5.16. The van der Waals surface area contributed by atoms with Gasteiger partial charge in [-0.2, -0.15) is 5.10 Å². The molecule has 6 heteroatoms. The van der Waals surface area contributed by atoms with Crippen molar-refractivity contribution in [2.75, 3.05) is 5.43 Å². The molecular formula is C16H11BrFN3S. The molecule has 110 valence electrons. The van der Waals surface area contributed by atoms with Gasteiger partial charge in [-0.3, -0.25) is 5.43 Å². The van der Waals surface area contributed by atoms with Crippen molar-refractivity contribution in [2.24, 2.45) is 5.10 Å². The van der Waals surface area contributed by atoms with E-state index in [1.54, 1.807) is 18.3 Å². The predicted molar refractivity (Wildman–Crippen MR) is 92.9 cm³/mol. The first kappa shape index (κ1) is 14.9. The van der Waals surface area contributed by atoms with Crippen LogP contribution in [0.5, 0.6) is 0 Å². The molecule has 1 aromatic heterocycles. The SMILES string of the molecule is Fc1cccc(C=NNc2nc(-c3ccccc3)cs2)c1Br. The van der Waals surface area contributed by atoms with E-state index in [9.17, 15) is 4.39 Å². The molecule has 2 aromatic carbocycles. The highest BCUT2D eigenvalue weighted by atomic mass is 79.9. The molecule has 3 nitrogen and oxygen atoms in total. The van der Waals surface area contributed by atoms with Crippen LogP contribution in [0.3, 0.4) is 0 Å². The van der Waals surface area contributed by atoms with Gasteiger partial charge in [0.15, 0.2) is 0 Å². The minimum absolute atomic E-state index is 0.315. The van der Waals surface area contributed by atoms with E-state index < -0.39 is 0 Å². The monoisotopic (exact) mass is 375 g/mol. The van der Waals surface area contributed by atoms with Crippen LogP contribution < -0.4 is 5.43 Å². The number of hydrogen-bond acceptors (Lipinski definition) is 4. The Morgan fingerprint density at radius 3 is 2.77 bits per heavy atom. The Balaban J connectivity index is 1.71. The van der Waals surface area contributed by atoms with E-state index in [1.165, 1.54) is 17.4 Å². The largest absolute Gasteiger partial charge is 0.253 e. The van der Waals surface area contributed by atoms with Crippen molar-refractivity contribution in [2.45, 2.75) is 0 Å². The van der Waals surface area contributed by atoms with Gasteiger partial charge >= 0.3 is 0 Å². The number of hydrazone groups is 1. The highest BCUT2D eigenvalue weighted by molar-refractivity contribution is 9.10. The summed E-state index contributed by atoms with van der Waals surface area (Å²) in [6.45, 7) is 0. The number of benzene rings is 2. The second-order valence-corrected chi connectivity index (χ2v) is 6.07. The molecule has 0 unspecified atom stereocenters. The molecule has 3 rings (SSSR count). The van der Waals surface area contributed by atoms with Crippen molar-refractivity contribution in [1.82, 2.24) is 4.98 Å². The van der Waals surface area contributed by atoms with Gasteiger partial charge in [0.25, 0.3) is 0 Å². The molecule has 0 radical (unpaired) electrons. The van der Waals surface area contributed by atoms with E-state index in [4.69, 9.17) is 0 Å². The van der Waals surface area contributed by atoms with Gasteiger partial charge in [-0.1, -0.05) is 42.5 Å². The Morgan fingerprint density at radius 1 is 1.14 bits per heavy atom. The van der Waals surface area contributed by atoms with Crippen LogP contribution in [0.25, 0.3) is 11.3 Å². The van der Waals surface area contributed by atoms with Crippen LogP contribution >= 0.6 is 27.3 Å². The second-order valence-electron chi connectivity index (χ2n) is 4.42. The van der Waals surface area contributed by atoms with Crippen molar-refractivity contribution in [1.29, 1.82) is 0 Å². The summed E-state index contributed by atoms with van der Waals surface area (Å²) < 4.78 is 13.8. The Labute approximate surface area is 139 Å². The molecule has 0 saturated carbocycles. The molecule has 0 aliphatic heterocycles. The smallest absolute Gasteiger partial charge is 0.203 e. The molecule has 3 aromatic rings. The van der Waals surface area contributed by atoms with Gasteiger partial charge in [0.1, 0.15) is 5.82 Å². The average molecular weight is 376 g/mol. The molecule has 0 atom stereocenters. The van der Waals surface area contributed by atoms with E-state index in [0.29, 0.717) is 15.2 Å². The fraction of sp³-hybridized carbons (Fsp3) is 0. The van der Waals surface area contributed by atoms with Crippen molar-refractivity contribution in [3.63, 3.8) is 0 Å². The zero-order valence-electron chi connectivity index (χ0n) is 11.3. The summed E-state index contributed by atoms with van der Waals surface area (Å²) in [5, 5.41) is 6.74. The van der Waals surface area contributed by atoms with Gasteiger partial charge in [0, 0.05) is 16.5 Å². The number of thiazole rings is 1. The number of nitrogens with zero attached hydrogens (tertiary/aromatic N) is 2. The van der Waals surface area contributed by atoms with Gasteiger partial charge in [0.05, 0.1) is 16.4 Å². The normalized spacial score (nSPS) is 11.0. The lowest BCUT2D eigenvalue weighted by molar-refractivity contribution is 0.621. The van der Waals surface area contributed by atoms with Crippen LogP contribution in [0.2, 0.25) is 0 Å². The standard InChI is InChI=1S/C16H11BrFN3S/c17-15-12(7-4-8-13(15)18)9-19-21-16-20-14(10-22-16)11-5-2-1-3-6-11/h1-10H,(H,20,21). The van der Waals surface area contributed by atoms with Gasteiger partial charge in [0.2, 0.25) is 5.13 Å². The molecule has 1 heterocycles. The number of nitrogens with one attached hydrogen (secondary N) is 1. The second kappa shape index (κ2) is 6.81. The van der Waals surface area contributed by atoms with Gasteiger partial charge < -0.3 is 0 Å². The number of halogens is 2. The van der Waals surface area contributed by atoms with Crippen LogP contribution in [-0.2, 0) is 0 Å². The van der Waals surface area contributed by atoms with Crippen LogP contribution in [0.15, 0.2) is 63.5 Å². The molecule has 0 amide bonds. The Morgan fingerprint density at radius 2 is 1.95 bits per heavy atom. The molecule has 0 fully saturated rings. The fourth-order valence-electron chi connectivity index (χ4n) is 1.84. The topological polar surface area (TPSA) is 37.3 Å². The summed E-state index contributed by atoms with van der Waals surface area (Å²) in [6.07, 6.45) is 1.55. The van der Waals surface area contributed by atoms with Gasteiger partial charge in [-0.15, -0.1) is 11.3 Å². The third kappa shape index (κ3) is 3.40. The zero-order valence-corrected chi connectivity index (χ0v) is 13.7. The number of anilines is 1. The summed E-state index contributed by atoms with van der Waals surface area (Å²) in [5.41, 5.74) is 5.48. The van der Waals surface area contributed by atoms with Crippen molar-refractivity contribution >= 4 is 38.6 Å². The maximum Gasteiger partial charge on any atom is 0.203 e. The highest BCUT2D eigenvalue weighted by Crippen LogP contribution is 2.24. The molecule has 1 N–H and O–H groups in total. The summed E-state index contributed by atoms with van der Waals surface area (Å²) in [6, 6.07) is 14.7. The molecule has 0 bridgehead atoms. The van der Waals surface area contributed by atoms with E-state index in [2.05, 4.69) is 31.4 Å². The lowest BCUT2D eigenvalue weighted by atomic mass is 10.2. The summed E-state index contributed by atoms with van der Waals surface area (Å²) >= 11 is 4.66. The van der Waals surface area contributed by atoms with E-state index in [1.807, 2.05) is 35.7 Å². The van der Waals surface area contributed by atoms with Crippen LogP contribution in [0, 0.1) is 5.82 Å². The summed E-state index contributed by atoms with van der Waals surface area (Å²) in [4.78, 5) is 4.46. The highest BCUT2D eigenvalue weighted by Gasteiger charge is 2.04. The first-order valence-electron chi connectivity index (χ1n) is 6.48. The first-order chi connectivity index (χ1) is 10.7. The Bertz CT molecular complexity index is 802. The minimum atomic E-state index is -0.315. The van der Waals surface area contributed by atoms with Crippen LogP contribution in [0.4, 0.5) is 9.52 Å². The maximum absolute atomic E-state index is 13.4. The van der Waals surface area contributed by atoms with Gasteiger partial charge in [-0.05, 0) is 22.0 Å². The lowest BCUT2D eigenvalue weighted by Gasteiger charge is -1.99. The third-order valence-corrected chi connectivity index (χ3v) is 4.50.